The summed E-state index contributed by atoms with van der Waals surface area (Å²) in [4.78, 5) is 24.6. The van der Waals surface area contributed by atoms with Crippen LogP contribution in [-0.4, -0.2) is 47.4 Å². The topological polar surface area (TPSA) is 95.9 Å². The molecular formula is C74H141NO5. The van der Waals surface area contributed by atoms with Gasteiger partial charge in [0.1, 0.15) is 0 Å². The van der Waals surface area contributed by atoms with Crippen LogP contribution in [-0.2, 0) is 14.3 Å². The van der Waals surface area contributed by atoms with Gasteiger partial charge in [-0.05, 0) is 83.5 Å². The summed E-state index contributed by atoms with van der Waals surface area (Å²) in [5.41, 5.74) is 0. The number of aliphatic hydroxyl groups is 2. The first-order chi connectivity index (χ1) is 39.5. The number of rotatable bonds is 68. The van der Waals surface area contributed by atoms with Crippen molar-refractivity contribution in [2.75, 3.05) is 13.2 Å². The highest BCUT2D eigenvalue weighted by molar-refractivity contribution is 5.76. The van der Waals surface area contributed by atoms with E-state index in [2.05, 4.69) is 43.5 Å². The van der Waals surface area contributed by atoms with Crippen molar-refractivity contribution in [1.29, 1.82) is 0 Å². The van der Waals surface area contributed by atoms with Crippen molar-refractivity contribution in [3.05, 3.63) is 36.5 Å². The first kappa shape index (κ1) is 78.1. The Balaban J connectivity index is 3.34. The second kappa shape index (κ2) is 69.6. The Morgan fingerprint density at radius 1 is 0.338 bits per heavy atom. The first-order valence-electron chi connectivity index (χ1n) is 36.3. The molecule has 0 fully saturated rings. The number of esters is 1. The fourth-order valence-corrected chi connectivity index (χ4v) is 11.3. The molecule has 2 atom stereocenters. The average molecular weight is 1120 g/mol. The standard InChI is InChI=1S/C74H141NO5/c1-3-5-7-9-11-13-15-17-18-19-34-38-41-44-48-52-56-60-64-68-74(79)80-69-65-61-57-53-49-45-42-39-36-33-31-29-27-25-23-21-20-22-24-26-28-30-32-35-37-40-43-47-51-55-59-63-67-73(78)75-71(70-76)72(77)66-62-58-54-50-46-16-14-12-10-8-6-4-2/h17-18,23,25,62,66,71-72,76-77H,3-16,19-22,24,26-61,63-65,67-70H2,1-2H3,(H,75,78)/b18-17-,25-23-,66-62+. The number of ether oxygens (including phenoxy) is 1. The van der Waals surface area contributed by atoms with Crippen molar-refractivity contribution in [2.24, 2.45) is 0 Å². The quantitative estimate of drug-likeness (QED) is 0.0320. The minimum atomic E-state index is -0.841. The molecule has 0 aromatic heterocycles. The Hall–Kier alpha value is -1.92. The smallest absolute Gasteiger partial charge is 0.305 e. The van der Waals surface area contributed by atoms with Crippen molar-refractivity contribution in [2.45, 2.75) is 411 Å². The highest BCUT2D eigenvalue weighted by atomic mass is 16.5. The summed E-state index contributed by atoms with van der Waals surface area (Å²) >= 11 is 0. The molecule has 0 heterocycles. The van der Waals surface area contributed by atoms with Crippen LogP contribution in [0.5, 0.6) is 0 Å². The van der Waals surface area contributed by atoms with Gasteiger partial charge >= 0.3 is 5.97 Å². The number of hydrogen-bond acceptors (Lipinski definition) is 5. The van der Waals surface area contributed by atoms with E-state index in [1.54, 1.807) is 6.08 Å². The summed E-state index contributed by atoms with van der Waals surface area (Å²) in [6.07, 6.45) is 89.6. The van der Waals surface area contributed by atoms with E-state index < -0.39 is 12.1 Å². The number of aliphatic hydroxyl groups excluding tert-OH is 2. The van der Waals surface area contributed by atoms with Crippen molar-refractivity contribution < 1.29 is 24.5 Å². The zero-order chi connectivity index (χ0) is 57.8. The molecule has 0 radical (unpaired) electrons. The Morgan fingerprint density at radius 3 is 0.887 bits per heavy atom. The summed E-state index contributed by atoms with van der Waals surface area (Å²) in [5, 5.41) is 23.1. The highest BCUT2D eigenvalue weighted by Gasteiger charge is 2.18. The van der Waals surface area contributed by atoms with Gasteiger partial charge in [-0.2, -0.15) is 0 Å². The molecule has 6 heteroatoms. The first-order valence-corrected chi connectivity index (χ1v) is 36.3. The molecule has 0 aliphatic heterocycles. The minimum Gasteiger partial charge on any atom is -0.466 e. The number of allylic oxidation sites excluding steroid dienone is 5. The lowest BCUT2D eigenvalue weighted by molar-refractivity contribution is -0.143. The van der Waals surface area contributed by atoms with Crippen molar-refractivity contribution >= 4 is 11.9 Å². The molecule has 472 valence electrons. The molecule has 0 aromatic carbocycles. The van der Waals surface area contributed by atoms with Gasteiger partial charge in [0, 0.05) is 12.8 Å². The normalized spacial score (nSPS) is 12.7. The maximum Gasteiger partial charge on any atom is 0.305 e. The largest absolute Gasteiger partial charge is 0.466 e. The molecule has 80 heavy (non-hydrogen) atoms. The number of carbonyl (C=O) groups excluding carboxylic acids is 2. The van der Waals surface area contributed by atoms with Crippen LogP contribution in [0.4, 0.5) is 0 Å². The molecule has 0 rings (SSSR count). The monoisotopic (exact) mass is 1120 g/mol. The molecule has 0 aliphatic rings. The summed E-state index contributed by atoms with van der Waals surface area (Å²) in [5.74, 6) is -0.0467. The van der Waals surface area contributed by atoms with Crippen LogP contribution in [0.3, 0.4) is 0 Å². The molecule has 0 saturated heterocycles. The summed E-state index contributed by atoms with van der Waals surface area (Å²) in [6, 6.07) is -0.625. The summed E-state index contributed by atoms with van der Waals surface area (Å²) in [7, 11) is 0. The van der Waals surface area contributed by atoms with E-state index in [0.717, 1.165) is 38.5 Å². The number of amides is 1. The van der Waals surface area contributed by atoms with Gasteiger partial charge in [-0.15, -0.1) is 0 Å². The summed E-state index contributed by atoms with van der Waals surface area (Å²) < 4.78 is 5.51. The van der Waals surface area contributed by atoms with Crippen LogP contribution in [0.2, 0.25) is 0 Å². The molecule has 1 amide bonds. The van der Waals surface area contributed by atoms with Gasteiger partial charge < -0.3 is 20.3 Å². The van der Waals surface area contributed by atoms with Crippen LogP contribution in [0.1, 0.15) is 399 Å². The van der Waals surface area contributed by atoms with Crippen molar-refractivity contribution in [1.82, 2.24) is 5.32 Å². The van der Waals surface area contributed by atoms with E-state index in [1.165, 1.54) is 334 Å². The van der Waals surface area contributed by atoms with E-state index in [-0.39, 0.29) is 18.5 Å². The maximum atomic E-state index is 12.5. The van der Waals surface area contributed by atoms with Crippen LogP contribution in [0.25, 0.3) is 0 Å². The zero-order valence-corrected chi connectivity index (χ0v) is 54.1. The Bertz CT molecular complexity index is 1300. The van der Waals surface area contributed by atoms with Crippen molar-refractivity contribution in [3.63, 3.8) is 0 Å². The number of nitrogens with one attached hydrogen (secondary N) is 1. The average Bonchev–Trinajstić information content (AvgIpc) is 3.46. The number of hydrogen-bond donors (Lipinski definition) is 3. The zero-order valence-electron chi connectivity index (χ0n) is 54.1. The van der Waals surface area contributed by atoms with Gasteiger partial charge in [-0.1, -0.05) is 339 Å². The van der Waals surface area contributed by atoms with Crippen LogP contribution >= 0.6 is 0 Å². The third-order valence-electron chi connectivity index (χ3n) is 16.9. The third kappa shape index (κ3) is 65.2. The van der Waals surface area contributed by atoms with E-state index in [0.29, 0.717) is 19.4 Å². The third-order valence-corrected chi connectivity index (χ3v) is 16.9. The molecule has 0 aromatic rings. The molecule has 2 unspecified atom stereocenters. The van der Waals surface area contributed by atoms with Crippen LogP contribution in [0, 0.1) is 0 Å². The molecular weight excluding hydrogens is 983 g/mol. The number of unbranched alkanes of at least 4 members (excludes halogenated alkanes) is 53. The summed E-state index contributed by atoms with van der Waals surface area (Å²) in [6.45, 7) is 4.92. The van der Waals surface area contributed by atoms with Gasteiger partial charge in [0.2, 0.25) is 5.91 Å². The Labute approximate surface area is 500 Å². The van der Waals surface area contributed by atoms with E-state index in [4.69, 9.17) is 4.74 Å². The molecule has 0 aliphatic carbocycles. The van der Waals surface area contributed by atoms with E-state index in [9.17, 15) is 19.8 Å². The van der Waals surface area contributed by atoms with Gasteiger partial charge in [-0.3, -0.25) is 9.59 Å². The van der Waals surface area contributed by atoms with Gasteiger partial charge in [0.05, 0.1) is 25.4 Å². The lowest BCUT2D eigenvalue weighted by Crippen LogP contribution is -2.45. The van der Waals surface area contributed by atoms with E-state index in [1.807, 2.05) is 6.08 Å². The second-order valence-corrected chi connectivity index (χ2v) is 24.9. The molecule has 0 saturated carbocycles. The predicted octanol–water partition coefficient (Wildman–Crippen LogP) is 23.5. The predicted molar refractivity (Wildman–Crippen MR) is 352 cm³/mol. The minimum absolute atomic E-state index is 0.0179. The van der Waals surface area contributed by atoms with Crippen LogP contribution in [0.15, 0.2) is 36.5 Å². The van der Waals surface area contributed by atoms with E-state index >= 15 is 0 Å². The molecule has 6 nitrogen and oxygen atoms in total. The molecule has 0 bridgehead atoms. The van der Waals surface area contributed by atoms with Gasteiger partial charge in [0.25, 0.3) is 0 Å². The van der Waals surface area contributed by atoms with Crippen molar-refractivity contribution in [3.8, 4) is 0 Å². The lowest BCUT2D eigenvalue weighted by atomic mass is 10.0. The Morgan fingerprint density at radius 2 is 0.588 bits per heavy atom. The Kier molecular flexibility index (Phi) is 67.9. The fourth-order valence-electron chi connectivity index (χ4n) is 11.3. The molecule has 0 spiro atoms. The SMILES string of the molecule is CCCCCCCC/C=C\CCCCCCCCCCCC(=O)OCCCCCCCCCCCCCC/C=C\CCCCCCCCCCCCCCCCCCC(=O)NC(CO)C(O)/C=C/CCCCCCCCCCCC. The number of carbonyl (C=O) groups is 2. The van der Waals surface area contributed by atoms with Gasteiger partial charge in [0.15, 0.2) is 0 Å². The van der Waals surface area contributed by atoms with Crippen LogP contribution < -0.4 is 5.32 Å². The highest BCUT2D eigenvalue weighted by Crippen LogP contribution is 2.18. The molecule has 3 N–H and O–H groups in total. The second-order valence-electron chi connectivity index (χ2n) is 24.9. The van der Waals surface area contributed by atoms with Gasteiger partial charge in [-0.25, -0.2) is 0 Å². The maximum absolute atomic E-state index is 12.5. The lowest BCUT2D eigenvalue weighted by Gasteiger charge is -2.20. The fraction of sp³-hybridized carbons (Fsp3) is 0.892.